The number of fused-ring (bicyclic) bond motifs is 1. The second kappa shape index (κ2) is 5.39. The van der Waals surface area contributed by atoms with Gasteiger partial charge in [-0.15, -0.1) is 0 Å². The first-order valence-electron chi connectivity index (χ1n) is 6.67. The number of pyridine rings is 1. The maximum absolute atomic E-state index is 12.7. The number of hydrogen-bond donors (Lipinski definition) is 0. The Kier molecular flexibility index (Phi) is 3.86. The van der Waals surface area contributed by atoms with Crippen LogP contribution in [-0.2, 0) is 10.0 Å². The highest BCUT2D eigenvalue weighted by molar-refractivity contribution is 7.89. The van der Waals surface area contributed by atoms with Gasteiger partial charge < -0.3 is 0 Å². The van der Waals surface area contributed by atoms with Crippen LogP contribution < -0.4 is 0 Å². The monoisotopic (exact) mass is 344 g/mol. The van der Waals surface area contributed by atoms with Gasteiger partial charge in [-0.2, -0.15) is 4.31 Å². The molecule has 2 heterocycles. The molecule has 1 fully saturated rings. The van der Waals surface area contributed by atoms with Gasteiger partial charge in [0.15, 0.2) is 0 Å². The standard InChI is InChI=1S/C14H14Cl2N2O2S/c1-9-3-2-6-18(9)21(19,20)10-4-5-11-12(7-10)14(16)17-8-13(11)15/h4-5,7-9H,2-3,6H2,1H3/t9-/m0/s1. The third-order valence-corrected chi connectivity index (χ3v) is 6.47. The number of nitrogens with zero attached hydrogens (tertiary/aromatic N) is 2. The van der Waals surface area contributed by atoms with Crippen molar-refractivity contribution in [2.45, 2.75) is 30.7 Å². The summed E-state index contributed by atoms with van der Waals surface area (Å²) < 4.78 is 27.0. The Morgan fingerprint density at radius 3 is 2.71 bits per heavy atom. The Balaban J connectivity index is 2.15. The summed E-state index contributed by atoms with van der Waals surface area (Å²) in [5, 5.41) is 1.95. The lowest BCUT2D eigenvalue weighted by molar-refractivity contribution is 0.408. The zero-order valence-electron chi connectivity index (χ0n) is 11.4. The predicted molar refractivity (Wildman–Crippen MR) is 84.4 cm³/mol. The maximum Gasteiger partial charge on any atom is 0.243 e. The molecule has 1 aliphatic rings. The molecule has 0 amide bonds. The molecule has 1 aromatic carbocycles. The molecule has 4 nitrogen and oxygen atoms in total. The lowest BCUT2D eigenvalue weighted by Gasteiger charge is -2.21. The van der Waals surface area contributed by atoms with Gasteiger partial charge in [0.25, 0.3) is 0 Å². The van der Waals surface area contributed by atoms with Gasteiger partial charge in [-0.25, -0.2) is 13.4 Å². The minimum Gasteiger partial charge on any atom is -0.242 e. The van der Waals surface area contributed by atoms with E-state index >= 15 is 0 Å². The molecule has 2 aromatic rings. The zero-order chi connectivity index (χ0) is 15.2. The highest BCUT2D eigenvalue weighted by Gasteiger charge is 2.32. The molecule has 7 heteroatoms. The molecule has 21 heavy (non-hydrogen) atoms. The van der Waals surface area contributed by atoms with E-state index < -0.39 is 10.0 Å². The molecule has 0 N–H and O–H groups in total. The molecule has 1 atom stereocenters. The second-order valence-corrected chi connectivity index (χ2v) is 7.87. The van der Waals surface area contributed by atoms with Crippen molar-refractivity contribution in [3.8, 4) is 0 Å². The van der Waals surface area contributed by atoms with Gasteiger partial charge in [0.1, 0.15) is 5.15 Å². The van der Waals surface area contributed by atoms with Crippen molar-refractivity contribution in [3.63, 3.8) is 0 Å². The number of rotatable bonds is 2. The molecular weight excluding hydrogens is 331 g/mol. The number of hydrogen-bond acceptors (Lipinski definition) is 3. The minimum atomic E-state index is -3.51. The molecule has 0 radical (unpaired) electrons. The molecule has 112 valence electrons. The highest BCUT2D eigenvalue weighted by atomic mass is 35.5. The van der Waals surface area contributed by atoms with Crippen molar-refractivity contribution in [2.75, 3.05) is 6.54 Å². The fourth-order valence-corrected chi connectivity index (χ4v) is 4.86. The van der Waals surface area contributed by atoms with E-state index in [0.717, 1.165) is 12.8 Å². The van der Waals surface area contributed by atoms with Crippen LogP contribution in [0.15, 0.2) is 29.3 Å². The first kappa shape index (κ1) is 15.0. The van der Waals surface area contributed by atoms with E-state index in [0.29, 0.717) is 22.3 Å². The summed E-state index contributed by atoms with van der Waals surface area (Å²) in [4.78, 5) is 4.20. The lowest BCUT2D eigenvalue weighted by Crippen LogP contribution is -2.33. The molecule has 3 rings (SSSR count). The Labute approximate surface area is 133 Å². The van der Waals surface area contributed by atoms with E-state index in [1.807, 2.05) is 6.92 Å². The van der Waals surface area contributed by atoms with Crippen LogP contribution in [0, 0.1) is 0 Å². The van der Waals surface area contributed by atoms with Crippen molar-refractivity contribution in [1.82, 2.24) is 9.29 Å². The summed E-state index contributed by atoms with van der Waals surface area (Å²) in [5.41, 5.74) is 0. The maximum atomic E-state index is 12.7. The fraction of sp³-hybridized carbons (Fsp3) is 0.357. The fourth-order valence-electron chi connectivity index (χ4n) is 2.71. The molecule has 0 aliphatic carbocycles. The van der Waals surface area contributed by atoms with Crippen molar-refractivity contribution < 1.29 is 8.42 Å². The molecule has 1 aliphatic heterocycles. The van der Waals surface area contributed by atoms with Crippen LogP contribution in [0.5, 0.6) is 0 Å². The smallest absolute Gasteiger partial charge is 0.242 e. The van der Waals surface area contributed by atoms with Crippen LogP contribution in [0.2, 0.25) is 10.2 Å². The van der Waals surface area contributed by atoms with Crippen LogP contribution in [0.4, 0.5) is 0 Å². The van der Waals surface area contributed by atoms with Gasteiger partial charge in [0.2, 0.25) is 10.0 Å². The largest absolute Gasteiger partial charge is 0.243 e. The third kappa shape index (κ3) is 2.52. The van der Waals surface area contributed by atoms with Crippen molar-refractivity contribution >= 4 is 44.0 Å². The molecule has 1 saturated heterocycles. The van der Waals surface area contributed by atoms with Crippen LogP contribution >= 0.6 is 23.2 Å². The summed E-state index contributed by atoms with van der Waals surface area (Å²) in [7, 11) is -3.51. The summed E-state index contributed by atoms with van der Waals surface area (Å²) >= 11 is 12.1. The Bertz CT molecular complexity index is 808. The van der Waals surface area contributed by atoms with Gasteiger partial charge in [-0.1, -0.05) is 29.3 Å². The molecule has 0 bridgehead atoms. The van der Waals surface area contributed by atoms with Crippen molar-refractivity contribution in [1.29, 1.82) is 0 Å². The van der Waals surface area contributed by atoms with E-state index in [-0.39, 0.29) is 16.1 Å². The average Bonchev–Trinajstić information content (AvgIpc) is 2.89. The van der Waals surface area contributed by atoms with Crippen molar-refractivity contribution in [2.24, 2.45) is 0 Å². The summed E-state index contributed by atoms with van der Waals surface area (Å²) in [6.45, 7) is 2.49. The van der Waals surface area contributed by atoms with E-state index in [2.05, 4.69) is 4.98 Å². The van der Waals surface area contributed by atoms with Gasteiger partial charge >= 0.3 is 0 Å². The predicted octanol–water partition coefficient (Wildman–Crippen LogP) is 3.71. The third-order valence-electron chi connectivity index (χ3n) is 3.86. The molecule has 0 unspecified atom stereocenters. The van der Waals surface area contributed by atoms with Crippen LogP contribution in [0.3, 0.4) is 0 Å². The summed E-state index contributed by atoms with van der Waals surface area (Å²) in [5.74, 6) is 0. The summed E-state index contributed by atoms with van der Waals surface area (Å²) in [6, 6.07) is 4.83. The van der Waals surface area contributed by atoms with Crippen molar-refractivity contribution in [3.05, 3.63) is 34.6 Å². The van der Waals surface area contributed by atoms with Gasteiger partial charge in [-0.05, 0) is 31.9 Å². The van der Waals surface area contributed by atoms with Gasteiger partial charge in [0, 0.05) is 29.6 Å². The Hall–Kier alpha value is -0.880. The van der Waals surface area contributed by atoms with Crippen LogP contribution in [0.25, 0.3) is 10.8 Å². The first-order valence-corrected chi connectivity index (χ1v) is 8.86. The number of halogens is 2. The first-order chi connectivity index (χ1) is 9.91. The SMILES string of the molecule is C[C@H]1CCCN1S(=O)(=O)c1ccc2c(Cl)cnc(Cl)c2c1. The van der Waals surface area contributed by atoms with Crippen LogP contribution in [-0.4, -0.2) is 30.3 Å². The highest BCUT2D eigenvalue weighted by Crippen LogP contribution is 2.32. The number of benzene rings is 1. The number of sulfonamides is 1. The molecular formula is C14H14Cl2N2O2S. The zero-order valence-corrected chi connectivity index (χ0v) is 13.7. The normalized spacial score (nSPS) is 20.2. The number of aromatic nitrogens is 1. The van der Waals surface area contributed by atoms with Gasteiger partial charge in [-0.3, -0.25) is 0 Å². The lowest BCUT2D eigenvalue weighted by atomic mass is 10.2. The average molecular weight is 345 g/mol. The quantitative estimate of drug-likeness (QED) is 0.780. The summed E-state index contributed by atoms with van der Waals surface area (Å²) in [6.07, 6.45) is 3.24. The topological polar surface area (TPSA) is 50.3 Å². The van der Waals surface area contributed by atoms with E-state index in [4.69, 9.17) is 23.2 Å². The van der Waals surface area contributed by atoms with E-state index in [1.165, 1.54) is 6.20 Å². The molecule has 0 spiro atoms. The van der Waals surface area contributed by atoms with E-state index in [1.54, 1.807) is 22.5 Å². The second-order valence-electron chi connectivity index (χ2n) is 5.21. The molecule has 0 saturated carbocycles. The Morgan fingerprint density at radius 1 is 1.29 bits per heavy atom. The Morgan fingerprint density at radius 2 is 2.05 bits per heavy atom. The molecule has 1 aromatic heterocycles. The van der Waals surface area contributed by atoms with E-state index in [9.17, 15) is 8.42 Å². The van der Waals surface area contributed by atoms with Crippen LogP contribution in [0.1, 0.15) is 19.8 Å². The van der Waals surface area contributed by atoms with Gasteiger partial charge in [0.05, 0.1) is 9.92 Å². The minimum absolute atomic E-state index is 0.0265.